The lowest BCUT2D eigenvalue weighted by atomic mass is 10.3. The molecule has 0 saturated heterocycles. The third-order valence-corrected chi connectivity index (χ3v) is 1.36. The smallest absolute Gasteiger partial charge is 0.322 e. The van der Waals surface area contributed by atoms with Crippen LogP contribution < -0.4 is 5.32 Å². The van der Waals surface area contributed by atoms with Crippen LogP contribution in [0.1, 0.15) is 20.8 Å². The van der Waals surface area contributed by atoms with Gasteiger partial charge < -0.3 is 10.4 Å². The molecular weight excluding hydrogens is 228 g/mol. The van der Waals surface area contributed by atoms with E-state index in [1.54, 1.807) is 0 Å². The van der Waals surface area contributed by atoms with Gasteiger partial charge in [-0.2, -0.15) is 0 Å². The van der Waals surface area contributed by atoms with Gasteiger partial charge in [-0.3, -0.25) is 4.79 Å². The van der Waals surface area contributed by atoms with E-state index in [4.69, 9.17) is 5.11 Å². The van der Waals surface area contributed by atoms with Crippen LogP contribution in [0.3, 0.4) is 0 Å². The summed E-state index contributed by atoms with van der Waals surface area (Å²) in [5.41, 5.74) is -0.0243. The van der Waals surface area contributed by atoms with E-state index in [9.17, 15) is 13.6 Å². The zero-order valence-corrected chi connectivity index (χ0v) is 10.1. The number of aliphatic carboxylic acids is 1. The van der Waals surface area contributed by atoms with Gasteiger partial charge in [0.15, 0.2) is 0 Å². The van der Waals surface area contributed by atoms with Crippen molar-refractivity contribution in [2.24, 2.45) is 5.92 Å². The van der Waals surface area contributed by atoms with Crippen LogP contribution in [-0.4, -0.2) is 17.6 Å². The lowest BCUT2D eigenvalue weighted by Crippen LogP contribution is -2.13. The van der Waals surface area contributed by atoms with Crippen molar-refractivity contribution >= 4 is 11.7 Å². The molecule has 2 N–H and O–H groups in total. The summed E-state index contributed by atoms with van der Waals surface area (Å²) in [6.45, 7) is 6.10. The number of hydrogen-bond acceptors (Lipinski definition) is 2. The van der Waals surface area contributed by atoms with Gasteiger partial charge in [0.05, 0.1) is 5.69 Å². The largest absolute Gasteiger partial charge is 0.480 e. The van der Waals surface area contributed by atoms with Gasteiger partial charge in [-0.25, -0.2) is 8.78 Å². The van der Waals surface area contributed by atoms with E-state index >= 15 is 0 Å². The van der Waals surface area contributed by atoms with E-state index in [1.807, 2.05) is 0 Å². The molecule has 96 valence electrons. The number of benzene rings is 1. The Morgan fingerprint density at radius 1 is 1.35 bits per heavy atom. The number of anilines is 1. The summed E-state index contributed by atoms with van der Waals surface area (Å²) in [4.78, 5) is 10.1. The zero-order valence-electron chi connectivity index (χ0n) is 10.1. The van der Waals surface area contributed by atoms with Crippen LogP contribution in [0.25, 0.3) is 0 Å². The van der Waals surface area contributed by atoms with Crippen molar-refractivity contribution in [1.29, 1.82) is 0 Å². The molecule has 0 aliphatic heterocycles. The number of nitrogens with one attached hydrogen (secondary N) is 1. The molecule has 0 aliphatic carbocycles. The molecule has 1 rings (SSSR count). The van der Waals surface area contributed by atoms with E-state index in [2.05, 4.69) is 26.1 Å². The second kappa shape index (κ2) is 7.60. The second-order valence-corrected chi connectivity index (χ2v) is 4.10. The summed E-state index contributed by atoms with van der Waals surface area (Å²) in [7, 11) is 0. The molecule has 0 aromatic heterocycles. The predicted molar refractivity (Wildman–Crippen MR) is 63.0 cm³/mol. The number of carboxylic acid groups (broad SMARTS) is 1. The zero-order chi connectivity index (χ0) is 13.4. The summed E-state index contributed by atoms with van der Waals surface area (Å²) >= 11 is 0. The van der Waals surface area contributed by atoms with Crippen LogP contribution in [0.2, 0.25) is 0 Å². The summed E-state index contributed by atoms with van der Waals surface area (Å²) in [6.07, 6.45) is 0. The SMILES string of the molecule is CC(C)C.O=C(O)CNc1ccc(F)cc1F. The van der Waals surface area contributed by atoms with Gasteiger partial charge in [-0.15, -0.1) is 0 Å². The van der Waals surface area contributed by atoms with E-state index in [-0.39, 0.29) is 5.69 Å². The fraction of sp³-hybridized carbons (Fsp3) is 0.417. The number of carboxylic acids is 1. The standard InChI is InChI=1S/C8H7F2NO2.C4H10/c9-5-1-2-7(6(10)3-5)11-4-8(12)13;1-4(2)3/h1-3,11H,4H2,(H,12,13);4H,1-3H3. The molecule has 0 spiro atoms. The molecule has 0 atom stereocenters. The van der Waals surface area contributed by atoms with Crippen molar-refractivity contribution in [3.05, 3.63) is 29.8 Å². The van der Waals surface area contributed by atoms with Gasteiger partial charge in [-0.05, 0) is 18.1 Å². The number of halogens is 2. The first-order valence-corrected chi connectivity index (χ1v) is 5.23. The van der Waals surface area contributed by atoms with Crippen molar-refractivity contribution in [3.8, 4) is 0 Å². The molecule has 0 fully saturated rings. The molecule has 1 aromatic carbocycles. The van der Waals surface area contributed by atoms with Gasteiger partial charge in [0, 0.05) is 6.07 Å². The van der Waals surface area contributed by atoms with Crippen LogP contribution in [0.15, 0.2) is 18.2 Å². The minimum Gasteiger partial charge on any atom is -0.480 e. The Morgan fingerprint density at radius 2 is 1.88 bits per heavy atom. The minimum absolute atomic E-state index is 0.0243. The van der Waals surface area contributed by atoms with Crippen LogP contribution >= 0.6 is 0 Å². The van der Waals surface area contributed by atoms with E-state index in [0.717, 1.165) is 18.1 Å². The van der Waals surface area contributed by atoms with Gasteiger partial charge in [0.25, 0.3) is 0 Å². The molecule has 3 nitrogen and oxygen atoms in total. The Morgan fingerprint density at radius 3 is 2.29 bits per heavy atom. The number of rotatable bonds is 3. The highest BCUT2D eigenvalue weighted by Crippen LogP contribution is 2.14. The normalized spacial score (nSPS) is 9.53. The third-order valence-electron chi connectivity index (χ3n) is 1.36. The van der Waals surface area contributed by atoms with Crippen molar-refractivity contribution < 1.29 is 18.7 Å². The van der Waals surface area contributed by atoms with Gasteiger partial charge in [0.1, 0.15) is 18.2 Å². The Hall–Kier alpha value is -1.65. The Labute approximate surface area is 99.5 Å². The van der Waals surface area contributed by atoms with Gasteiger partial charge in [-0.1, -0.05) is 20.8 Å². The molecule has 1 aromatic rings. The lowest BCUT2D eigenvalue weighted by molar-refractivity contribution is -0.134. The minimum atomic E-state index is -1.11. The van der Waals surface area contributed by atoms with Crippen molar-refractivity contribution in [2.75, 3.05) is 11.9 Å². The predicted octanol–water partition coefficient (Wildman–Crippen LogP) is 3.12. The first kappa shape index (κ1) is 15.3. The molecular formula is C12H17F2NO2. The van der Waals surface area contributed by atoms with Gasteiger partial charge >= 0.3 is 5.97 Å². The van der Waals surface area contributed by atoms with Crippen LogP contribution in [-0.2, 0) is 4.79 Å². The first-order valence-electron chi connectivity index (χ1n) is 5.23. The quantitative estimate of drug-likeness (QED) is 0.860. The molecule has 0 bridgehead atoms. The highest BCUT2D eigenvalue weighted by molar-refractivity contribution is 5.72. The lowest BCUT2D eigenvalue weighted by Gasteiger charge is -2.03. The molecule has 0 amide bonds. The average molecular weight is 245 g/mol. The fourth-order valence-corrected chi connectivity index (χ4v) is 0.804. The molecule has 17 heavy (non-hydrogen) atoms. The molecule has 5 heteroatoms. The first-order chi connectivity index (χ1) is 7.82. The highest BCUT2D eigenvalue weighted by atomic mass is 19.1. The molecule has 0 radical (unpaired) electrons. The van der Waals surface area contributed by atoms with Crippen molar-refractivity contribution in [1.82, 2.24) is 0 Å². The molecule has 0 heterocycles. The topological polar surface area (TPSA) is 49.3 Å². The second-order valence-electron chi connectivity index (χ2n) is 4.10. The highest BCUT2D eigenvalue weighted by Gasteiger charge is 2.04. The van der Waals surface area contributed by atoms with Crippen molar-refractivity contribution in [3.63, 3.8) is 0 Å². The summed E-state index contributed by atoms with van der Waals surface area (Å²) in [6, 6.07) is 2.88. The summed E-state index contributed by atoms with van der Waals surface area (Å²) < 4.78 is 25.2. The number of carbonyl (C=O) groups is 1. The Balaban J connectivity index is 0.000000557. The van der Waals surface area contributed by atoms with Gasteiger partial charge in [0.2, 0.25) is 0 Å². The molecule has 0 saturated carbocycles. The van der Waals surface area contributed by atoms with Crippen molar-refractivity contribution in [2.45, 2.75) is 20.8 Å². The Bertz CT molecular complexity index is 365. The van der Waals surface area contributed by atoms with E-state index < -0.39 is 24.1 Å². The Kier molecular flexibility index (Phi) is 6.86. The van der Waals surface area contributed by atoms with E-state index in [0.29, 0.717) is 6.07 Å². The van der Waals surface area contributed by atoms with E-state index in [1.165, 1.54) is 0 Å². The van der Waals surface area contributed by atoms with Crippen LogP contribution in [0, 0.1) is 17.6 Å². The number of hydrogen-bond donors (Lipinski definition) is 2. The maximum atomic E-state index is 12.8. The van der Waals surface area contributed by atoms with Crippen LogP contribution in [0.4, 0.5) is 14.5 Å². The fourth-order valence-electron chi connectivity index (χ4n) is 0.804. The average Bonchev–Trinajstić information content (AvgIpc) is 2.15. The maximum absolute atomic E-state index is 12.8. The summed E-state index contributed by atoms with van der Waals surface area (Å²) in [5.74, 6) is -1.77. The monoisotopic (exact) mass is 245 g/mol. The third kappa shape index (κ3) is 8.19. The molecule has 0 aliphatic rings. The van der Waals surface area contributed by atoms with Crippen LogP contribution in [0.5, 0.6) is 0 Å². The maximum Gasteiger partial charge on any atom is 0.322 e. The summed E-state index contributed by atoms with van der Waals surface area (Å²) in [5, 5.41) is 10.6. The molecule has 0 unspecified atom stereocenters.